The van der Waals surface area contributed by atoms with Gasteiger partial charge in [-0.15, -0.1) is 0 Å². The SMILES string of the molecule is CCCC(C)COC(=O)c1nccnc1N. The number of nitrogen functional groups attached to an aromatic ring is 1. The zero-order valence-electron chi connectivity index (χ0n) is 9.64. The van der Waals surface area contributed by atoms with Crippen LogP contribution in [-0.2, 0) is 4.74 Å². The Morgan fingerprint density at radius 2 is 2.19 bits per heavy atom. The molecule has 0 saturated carbocycles. The molecule has 0 radical (unpaired) electrons. The molecule has 2 N–H and O–H groups in total. The van der Waals surface area contributed by atoms with Crippen LogP contribution in [0.3, 0.4) is 0 Å². The van der Waals surface area contributed by atoms with Crippen molar-refractivity contribution in [2.45, 2.75) is 26.7 Å². The molecule has 0 spiro atoms. The second kappa shape index (κ2) is 6.05. The van der Waals surface area contributed by atoms with Gasteiger partial charge in [-0.05, 0) is 12.3 Å². The van der Waals surface area contributed by atoms with Crippen LogP contribution < -0.4 is 5.73 Å². The zero-order valence-corrected chi connectivity index (χ0v) is 9.64. The quantitative estimate of drug-likeness (QED) is 0.768. The van der Waals surface area contributed by atoms with E-state index in [0.717, 1.165) is 12.8 Å². The highest BCUT2D eigenvalue weighted by Gasteiger charge is 2.14. The van der Waals surface area contributed by atoms with E-state index in [-0.39, 0.29) is 11.5 Å². The van der Waals surface area contributed by atoms with Gasteiger partial charge in [-0.1, -0.05) is 20.3 Å². The van der Waals surface area contributed by atoms with Crippen LogP contribution >= 0.6 is 0 Å². The van der Waals surface area contributed by atoms with Gasteiger partial charge in [0.2, 0.25) is 0 Å². The molecule has 1 atom stereocenters. The molecule has 5 nitrogen and oxygen atoms in total. The molecule has 0 bridgehead atoms. The van der Waals surface area contributed by atoms with E-state index < -0.39 is 5.97 Å². The summed E-state index contributed by atoms with van der Waals surface area (Å²) in [7, 11) is 0. The number of hydrogen-bond donors (Lipinski definition) is 1. The maximum atomic E-state index is 11.6. The average molecular weight is 223 g/mol. The molecule has 0 aliphatic rings. The molecule has 0 aromatic carbocycles. The number of anilines is 1. The second-order valence-electron chi connectivity index (χ2n) is 3.78. The van der Waals surface area contributed by atoms with Crippen LogP contribution in [0.2, 0.25) is 0 Å². The van der Waals surface area contributed by atoms with Crippen LogP contribution in [0.4, 0.5) is 5.82 Å². The highest BCUT2D eigenvalue weighted by atomic mass is 16.5. The van der Waals surface area contributed by atoms with Gasteiger partial charge in [-0.3, -0.25) is 0 Å². The molecule has 0 saturated heterocycles. The first kappa shape index (κ1) is 12.4. The van der Waals surface area contributed by atoms with Crippen molar-refractivity contribution in [1.82, 2.24) is 9.97 Å². The first-order chi connectivity index (χ1) is 7.65. The van der Waals surface area contributed by atoms with Crippen LogP contribution in [0.25, 0.3) is 0 Å². The molecule has 0 fully saturated rings. The third-order valence-electron chi connectivity index (χ3n) is 2.20. The largest absolute Gasteiger partial charge is 0.461 e. The van der Waals surface area contributed by atoms with E-state index in [4.69, 9.17) is 10.5 Å². The van der Waals surface area contributed by atoms with Crippen molar-refractivity contribution in [1.29, 1.82) is 0 Å². The van der Waals surface area contributed by atoms with Gasteiger partial charge >= 0.3 is 5.97 Å². The van der Waals surface area contributed by atoms with Gasteiger partial charge in [0.15, 0.2) is 11.5 Å². The van der Waals surface area contributed by atoms with Gasteiger partial charge in [-0.25, -0.2) is 14.8 Å². The Labute approximate surface area is 95.0 Å². The highest BCUT2D eigenvalue weighted by Crippen LogP contribution is 2.09. The van der Waals surface area contributed by atoms with Crippen molar-refractivity contribution in [2.75, 3.05) is 12.3 Å². The maximum absolute atomic E-state index is 11.6. The predicted octanol–water partition coefficient (Wildman–Crippen LogP) is 1.65. The number of nitrogens with two attached hydrogens (primary N) is 1. The van der Waals surface area contributed by atoms with E-state index in [0.29, 0.717) is 12.5 Å². The van der Waals surface area contributed by atoms with Crippen LogP contribution in [0, 0.1) is 5.92 Å². The maximum Gasteiger partial charge on any atom is 0.360 e. The minimum atomic E-state index is -0.506. The van der Waals surface area contributed by atoms with E-state index in [1.807, 2.05) is 6.92 Å². The Morgan fingerprint density at radius 3 is 2.81 bits per heavy atom. The fraction of sp³-hybridized carbons (Fsp3) is 0.545. The predicted molar refractivity (Wildman–Crippen MR) is 60.8 cm³/mol. The lowest BCUT2D eigenvalue weighted by Gasteiger charge is -2.10. The number of esters is 1. The van der Waals surface area contributed by atoms with Gasteiger partial charge in [0.1, 0.15) is 0 Å². The standard InChI is InChI=1S/C11H17N3O2/c1-3-4-8(2)7-16-11(15)9-10(12)14-6-5-13-9/h5-6,8H,3-4,7H2,1-2H3,(H2,12,14). The number of hydrogen-bond acceptors (Lipinski definition) is 5. The van der Waals surface area contributed by atoms with Crippen molar-refractivity contribution in [3.63, 3.8) is 0 Å². The summed E-state index contributed by atoms with van der Waals surface area (Å²) in [4.78, 5) is 19.2. The van der Waals surface area contributed by atoms with Crippen LogP contribution in [0.1, 0.15) is 37.2 Å². The lowest BCUT2D eigenvalue weighted by Crippen LogP contribution is -2.15. The first-order valence-electron chi connectivity index (χ1n) is 5.38. The lowest BCUT2D eigenvalue weighted by molar-refractivity contribution is 0.0437. The van der Waals surface area contributed by atoms with E-state index in [1.165, 1.54) is 12.4 Å². The third-order valence-corrected chi connectivity index (χ3v) is 2.20. The van der Waals surface area contributed by atoms with Crippen molar-refractivity contribution >= 4 is 11.8 Å². The summed E-state index contributed by atoms with van der Waals surface area (Å²) >= 11 is 0. The number of carbonyl (C=O) groups is 1. The number of ether oxygens (including phenoxy) is 1. The zero-order chi connectivity index (χ0) is 12.0. The first-order valence-corrected chi connectivity index (χ1v) is 5.38. The monoisotopic (exact) mass is 223 g/mol. The Balaban J connectivity index is 2.50. The molecule has 1 heterocycles. The Hall–Kier alpha value is -1.65. The second-order valence-corrected chi connectivity index (χ2v) is 3.78. The minimum absolute atomic E-state index is 0.0891. The minimum Gasteiger partial charge on any atom is -0.461 e. The molecule has 1 aromatic heterocycles. The molecule has 5 heteroatoms. The number of nitrogens with zero attached hydrogens (tertiary/aromatic N) is 2. The fourth-order valence-corrected chi connectivity index (χ4v) is 1.37. The molecular formula is C11H17N3O2. The molecule has 1 unspecified atom stereocenters. The summed E-state index contributed by atoms with van der Waals surface area (Å²) in [5, 5.41) is 0. The van der Waals surface area contributed by atoms with E-state index in [1.54, 1.807) is 0 Å². The van der Waals surface area contributed by atoms with Crippen LogP contribution in [-0.4, -0.2) is 22.5 Å². The topological polar surface area (TPSA) is 78.1 Å². The lowest BCUT2D eigenvalue weighted by atomic mass is 10.1. The van der Waals surface area contributed by atoms with Gasteiger partial charge in [0, 0.05) is 12.4 Å². The van der Waals surface area contributed by atoms with Crippen molar-refractivity contribution in [3.8, 4) is 0 Å². The molecule has 0 aliphatic heterocycles. The smallest absolute Gasteiger partial charge is 0.360 e. The van der Waals surface area contributed by atoms with E-state index in [2.05, 4.69) is 16.9 Å². The Kier molecular flexibility index (Phi) is 4.69. The summed E-state index contributed by atoms with van der Waals surface area (Å²) in [5.41, 5.74) is 5.60. The third kappa shape index (κ3) is 3.49. The molecule has 0 amide bonds. The van der Waals surface area contributed by atoms with Crippen LogP contribution in [0.5, 0.6) is 0 Å². The average Bonchev–Trinajstić information content (AvgIpc) is 2.27. The number of carbonyl (C=O) groups excluding carboxylic acids is 1. The molecular weight excluding hydrogens is 206 g/mol. The highest BCUT2D eigenvalue weighted by molar-refractivity contribution is 5.91. The summed E-state index contributed by atoms with van der Waals surface area (Å²) in [6.07, 6.45) is 4.96. The van der Waals surface area contributed by atoms with Gasteiger partial charge in [0.05, 0.1) is 6.61 Å². The van der Waals surface area contributed by atoms with Gasteiger partial charge < -0.3 is 10.5 Å². The fourth-order valence-electron chi connectivity index (χ4n) is 1.37. The van der Waals surface area contributed by atoms with Crippen molar-refractivity contribution in [3.05, 3.63) is 18.1 Å². The summed E-state index contributed by atoms with van der Waals surface area (Å²) in [5.74, 6) is -0.0453. The summed E-state index contributed by atoms with van der Waals surface area (Å²) in [6, 6.07) is 0. The molecule has 16 heavy (non-hydrogen) atoms. The summed E-state index contributed by atoms with van der Waals surface area (Å²) < 4.78 is 5.10. The molecule has 1 aromatic rings. The van der Waals surface area contributed by atoms with Crippen molar-refractivity contribution in [2.24, 2.45) is 5.92 Å². The molecule has 1 rings (SSSR count). The van der Waals surface area contributed by atoms with Crippen LogP contribution in [0.15, 0.2) is 12.4 Å². The number of rotatable bonds is 5. The molecule has 88 valence electrons. The van der Waals surface area contributed by atoms with Crippen molar-refractivity contribution < 1.29 is 9.53 Å². The molecule has 0 aliphatic carbocycles. The van der Waals surface area contributed by atoms with Gasteiger partial charge in [-0.2, -0.15) is 0 Å². The Bertz CT molecular complexity index is 355. The number of aromatic nitrogens is 2. The normalized spacial score (nSPS) is 12.1. The van der Waals surface area contributed by atoms with E-state index >= 15 is 0 Å². The van der Waals surface area contributed by atoms with E-state index in [9.17, 15) is 4.79 Å². The summed E-state index contributed by atoms with van der Waals surface area (Å²) in [6.45, 7) is 4.53. The van der Waals surface area contributed by atoms with Gasteiger partial charge in [0.25, 0.3) is 0 Å². The Morgan fingerprint density at radius 1 is 1.50 bits per heavy atom.